The number of carbonyl (C=O) groups is 1. The molecule has 0 fully saturated rings. The van der Waals surface area contributed by atoms with E-state index in [1.807, 2.05) is 48.0 Å². The first-order valence-corrected chi connectivity index (χ1v) is 10.4. The van der Waals surface area contributed by atoms with Crippen LogP contribution in [0.2, 0.25) is 0 Å². The molecule has 4 aromatic rings. The number of ether oxygens (including phenoxy) is 1. The number of carbonyl (C=O) groups excluding carboxylic acids is 1. The molecule has 172 valence electrons. The molecule has 0 aliphatic carbocycles. The van der Waals surface area contributed by atoms with Gasteiger partial charge in [-0.2, -0.15) is 13.5 Å². The summed E-state index contributed by atoms with van der Waals surface area (Å²) in [6.45, 7) is 2.74. The number of methoxy groups -OCH3 is 1. The Balaban J connectivity index is 0.00000306. The van der Waals surface area contributed by atoms with Crippen LogP contribution in [0.25, 0.3) is 22.3 Å². The fraction of sp³-hybridized carbons (Fsp3) is 0.250. The van der Waals surface area contributed by atoms with Gasteiger partial charge in [-0.1, -0.05) is 19.1 Å². The molecule has 2 heterocycles. The van der Waals surface area contributed by atoms with Gasteiger partial charge in [-0.15, -0.1) is 0 Å². The van der Waals surface area contributed by atoms with Crippen LogP contribution in [0.15, 0.2) is 55.1 Å². The van der Waals surface area contributed by atoms with E-state index in [0.29, 0.717) is 17.9 Å². The third-order valence-electron chi connectivity index (χ3n) is 5.53. The summed E-state index contributed by atoms with van der Waals surface area (Å²) in [5.41, 5.74) is 5.41. The number of aryl methyl sites for hydroxylation is 1. The summed E-state index contributed by atoms with van der Waals surface area (Å²) < 4.78 is 7.52. The van der Waals surface area contributed by atoms with E-state index in [9.17, 15) is 4.79 Å². The van der Waals surface area contributed by atoms with Gasteiger partial charge in [-0.3, -0.25) is 4.79 Å². The highest BCUT2D eigenvalue weighted by Gasteiger charge is 2.15. The smallest absolute Gasteiger partial charge is 0.251 e. The zero-order chi connectivity index (χ0) is 22.7. The third-order valence-corrected chi connectivity index (χ3v) is 5.53. The molecule has 0 bridgehead atoms. The van der Waals surface area contributed by atoms with Crippen molar-refractivity contribution in [2.45, 2.75) is 12.8 Å². The predicted molar refractivity (Wildman–Crippen MR) is 135 cm³/mol. The molecule has 1 atom stereocenters. The fourth-order valence-electron chi connectivity index (χ4n) is 3.68. The van der Waals surface area contributed by atoms with Crippen LogP contribution < -0.4 is 15.4 Å². The normalized spacial score (nSPS) is 11.5. The number of aromatic nitrogens is 4. The van der Waals surface area contributed by atoms with E-state index in [4.69, 9.17) is 4.74 Å². The molecular formula is C24H28N6O2S. The number of hydrogen-bond donors (Lipinski definition) is 2. The maximum absolute atomic E-state index is 11.9. The summed E-state index contributed by atoms with van der Waals surface area (Å²) in [7, 11) is 5.20. The molecule has 0 saturated carbocycles. The number of rotatable bonds is 7. The molecule has 0 spiro atoms. The molecule has 0 aliphatic rings. The Labute approximate surface area is 199 Å². The number of nitrogens with zero attached hydrogens (tertiary/aromatic N) is 4. The van der Waals surface area contributed by atoms with Gasteiger partial charge >= 0.3 is 0 Å². The maximum atomic E-state index is 11.9. The van der Waals surface area contributed by atoms with Crippen LogP contribution in [0, 0.1) is 0 Å². The number of benzene rings is 2. The lowest BCUT2D eigenvalue weighted by Gasteiger charge is -2.17. The maximum Gasteiger partial charge on any atom is 0.251 e. The predicted octanol–water partition coefficient (Wildman–Crippen LogP) is 3.73. The van der Waals surface area contributed by atoms with Crippen molar-refractivity contribution in [3.05, 3.63) is 66.2 Å². The summed E-state index contributed by atoms with van der Waals surface area (Å²) >= 11 is 0. The first-order chi connectivity index (χ1) is 15.5. The topological polar surface area (TPSA) is 94.0 Å². The van der Waals surface area contributed by atoms with Crippen LogP contribution in [-0.4, -0.2) is 46.1 Å². The lowest BCUT2D eigenvalue weighted by Crippen LogP contribution is -2.18. The first-order valence-electron chi connectivity index (χ1n) is 10.4. The number of fused-ring (bicyclic) bond motifs is 1. The van der Waals surface area contributed by atoms with Crippen LogP contribution in [-0.2, 0) is 7.05 Å². The Kier molecular flexibility index (Phi) is 7.55. The van der Waals surface area contributed by atoms with E-state index in [1.54, 1.807) is 32.9 Å². The van der Waals surface area contributed by atoms with E-state index in [0.717, 1.165) is 33.7 Å². The Morgan fingerprint density at radius 1 is 1.12 bits per heavy atom. The molecule has 2 aromatic heterocycles. The number of imidazole rings is 1. The van der Waals surface area contributed by atoms with Crippen molar-refractivity contribution in [1.29, 1.82) is 0 Å². The average molecular weight is 465 g/mol. The minimum absolute atomic E-state index is 0. The van der Waals surface area contributed by atoms with Gasteiger partial charge in [-0.05, 0) is 29.8 Å². The Hall–Kier alpha value is -3.59. The Morgan fingerprint density at radius 2 is 1.94 bits per heavy atom. The third kappa shape index (κ3) is 5.09. The van der Waals surface area contributed by atoms with Gasteiger partial charge in [0, 0.05) is 43.8 Å². The summed E-state index contributed by atoms with van der Waals surface area (Å²) in [4.78, 5) is 25.1. The highest BCUT2D eigenvalue weighted by atomic mass is 32.1. The molecule has 8 nitrogen and oxygen atoms in total. The number of nitrogens with one attached hydrogen (secondary N) is 2. The van der Waals surface area contributed by atoms with Crippen LogP contribution in [0.3, 0.4) is 0 Å². The minimum atomic E-state index is -0.141. The van der Waals surface area contributed by atoms with E-state index >= 15 is 0 Å². The molecule has 0 saturated heterocycles. The summed E-state index contributed by atoms with van der Waals surface area (Å²) in [6.07, 6.45) is 3.36. The van der Waals surface area contributed by atoms with Gasteiger partial charge in [0.1, 0.15) is 17.9 Å². The van der Waals surface area contributed by atoms with Crippen molar-refractivity contribution in [3.63, 3.8) is 0 Å². The fourth-order valence-corrected chi connectivity index (χ4v) is 3.68. The molecule has 0 unspecified atom stereocenters. The monoisotopic (exact) mass is 464 g/mol. The van der Waals surface area contributed by atoms with E-state index in [1.165, 1.54) is 0 Å². The van der Waals surface area contributed by atoms with Gasteiger partial charge in [0.25, 0.3) is 5.91 Å². The van der Waals surface area contributed by atoms with Crippen molar-refractivity contribution in [3.8, 4) is 17.0 Å². The van der Waals surface area contributed by atoms with Crippen LogP contribution >= 0.6 is 13.5 Å². The standard InChI is InChI=1S/C24H26N6O2.H2S/c1-15(18-7-5-17(24(31)25-2)10-22(18)32-4)12-26-23-11-19(27-13-28-23)16-6-8-21-20(9-16)29-14-30(21)3;/h5-11,13-15H,12H2,1-4H3,(H,25,31)(H,26,27,28);1H2/t15-;/m1./s1. The van der Waals surface area contributed by atoms with Crippen molar-refractivity contribution in [2.75, 3.05) is 26.0 Å². The van der Waals surface area contributed by atoms with Crippen molar-refractivity contribution in [1.82, 2.24) is 24.8 Å². The SMILES string of the molecule is CNC(=O)c1ccc([C@H](C)CNc2cc(-c3ccc4c(c3)ncn4C)ncn2)c(OC)c1.S. The number of anilines is 1. The summed E-state index contributed by atoms with van der Waals surface area (Å²) in [6, 6.07) is 13.6. The molecule has 0 radical (unpaired) electrons. The lowest BCUT2D eigenvalue weighted by atomic mass is 9.98. The van der Waals surface area contributed by atoms with Crippen LogP contribution in [0.5, 0.6) is 5.75 Å². The number of amides is 1. The largest absolute Gasteiger partial charge is 0.496 e. The minimum Gasteiger partial charge on any atom is -0.496 e. The lowest BCUT2D eigenvalue weighted by molar-refractivity contribution is 0.0962. The molecule has 4 rings (SSSR count). The van der Waals surface area contributed by atoms with Crippen molar-refractivity contribution < 1.29 is 9.53 Å². The van der Waals surface area contributed by atoms with Gasteiger partial charge in [-0.25, -0.2) is 15.0 Å². The molecule has 1 amide bonds. The molecule has 33 heavy (non-hydrogen) atoms. The first kappa shape index (κ1) is 24.1. The van der Waals surface area contributed by atoms with Crippen molar-refractivity contribution in [2.24, 2.45) is 7.05 Å². The molecule has 2 aromatic carbocycles. The summed E-state index contributed by atoms with van der Waals surface area (Å²) in [5.74, 6) is 1.42. The van der Waals surface area contributed by atoms with Gasteiger partial charge in [0.05, 0.1) is 30.2 Å². The highest BCUT2D eigenvalue weighted by Crippen LogP contribution is 2.28. The van der Waals surface area contributed by atoms with E-state index < -0.39 is 0 Å². The molecule has 2 N–H and O–H groups in total. The second-order valence-corrected chi connectivity index (χ2v) is 7.67. The average Bonchev–Trinajstić information content (AvgIpc) is 3.21. The van der Waals surface area contributed by atoms with Gasteiger partial charge in [0.2, 0.25) is 0 Å². The molecule has 0 aliphatic heterocycles. The van der Waals surface area contributed by atoms with E-state index in [2.05, 4.69) is 32.5 Å². The zero-order valence-electron chi connectivity index (χ0n) is 19.1. The Morgan fingerprint density at radius 3 is 2.70 bits per heavy atom. The quantitative estimate of drug-likeness (QED) is 0.433. The van der Waals surface area contributed by atoms with Gasteiger partial charge in [0.15, 0.2) is 0 Å². The Bertz CT molecular complexity index is 1270. The molecule has 9 heteroatoms. The summed E-state index contributed by atoms with van der Waals surface area (Å²) in [5, 5.41) is 6.02. The second kappa shape index (κ2) is 10.4. The zero-order valence-corrected chi connectivity index (χ0v) is 20.1. The van der Waals surface area contributed by atoms with Crippen LogP contribution in [0.1, 0.15) is 28.8 Å². The highest BCUT2D eigenvalue weighted by molar-refractivity contribution is 7.59. The molecular weight excluding hydrogens is 436 g/mol. The second-order valence-electron chi connectivity index (χ2n) is 7.67. The van der Waals surface area contributed by atoms with Crippen molar-refractivity contribution >= 4 is 36.3 Å². The van der Waals surface area contributed by atoms with Gasteiger partial charge < -0.3 is 19.9 Å². The van der Waals surface area contributed by atoms with Crippen LogP contribution in [0.4, 0.5) is 5.82 Å². The van der Waals surface area contributed by atoms with E-state index in [-0.39, 0.29) is 25.3 Å². The number of hydrogen-bond acceptors (Lipinski definition) is 6.